The topological polar surface area (TPSA) is 24.4 Å². The number of hydrogen-bond acceptors (Lipinski definition) is 2. The van der Waals surface area contributed by atoms with E-state index in [1.165, 1.54) is 0 Å². The van der Waals surface area contributed by atoms with Gasteiger partial charge in [0.15, 0.2) is 5.70 Å². The van der Waals surface area contributed by atoms with Crippen molar-refractivity contribution in [2.45, 2.75) is 6.18 Å². The minimum atomic E-state index is -4.53. The van der Waals surface area contributed by atoms with Gasteiger partial charge in [0.05, 0.1) is 17.1 Å². The molecule has 1 heterocycles. The van der Waals surface area contributed by atoms with Crippen LogP contribution in [-0.2, 0) is 0 Å². The fraction of sp³-hybridized carbons (Fsp3) is 0.167. The fourth-order valence-electron chi connectivity index (χ4n) is 0.635. The van der Waals surface area contributed by atoms with Crippen molar-refractivity contribution >= 4 is 17.9 Å². The second-order valence-electron chi connectivity index (χ2n) is 2.04. The van der Waals surface area contributed by atoms with Gasteiger partial charge in [-0.3, -0.25) is 0 Å². The summed E-state index contributed by atoms with van der Waals surface area (Å²) >= 11 is 5.30. The van der Waals surface area contributed by atoms with Gasteiger partial charge in [0.25, 0.3) is 0 Å². The quantitative estimate of drug-likeness (QED) is 0.631. The molecule has 1 rings (SSSR count). The molecule has 0 aromatic carbocycles. The summed E-state index contributed by atoms with van der Waals surface area (Å²) in [7, 11) is 0. The zero-order chi connectivity index (χ0) is 9.35. The number of nitrogens with one attached hydrogen (secondary N) is 1. The summed E-state index contributed by atoms with van der Waals surface area (Å²) in [5.74, 6) is 0. The third-order valence-corrected chi connectivity index (χ3v) is 1.58. The molecule has 0 spiro atoms. The Bertz CT molecular complexity index is 277. The van der Waals surface area contributed by atoms with Crippen LogP contribution in [0.3, 0.4) is 0 Å². The predicted octanol–water partition coefficient (Wildman–Crippen LogP) is 2.14. The van der Waals surface area contributed by atoms with E-state index in [1.54, 1.807) is 0 Å². The molecule has 12 heavy (non-hydrogen) atoms. The molecular weight excluding hydrogens is 193 g/mol. The summed E-state index contributed by atoms with van der Waals surface area (Å²) in [5.41, 5.74) is -1.12. The summed E-state index contributed by atoms with van der Waals surface area (Å²) in [6, 6.07) is 0. The van der Waals surface area contributed by atoms with E-state index in [-0.39, 0.29) is 5.70 Å². The van der Waals surface area contributed by atoms with Crippen molar-refractivity contribution in [2.75, 3.05) is 0 Å². The van der Waals surface area contributed by atoms with Gasteiger partial charge in [-0.2, -0.15) is 13.2 Å². The molecule has 0 aromatic heterocycles. The van der Waals surface area contributed by atoms with Crippen molar-refractivity contribution in [1.29, 1.82) is 0 Å². The van der Waals surface area contributed by atoms with Crippen molar-refractivity contribution < 1.29 is 13.2 Å². The number of aliphatic imine (C=N–C) groups is 1. The van der Waals surface area contributed by atoms with Gasteiger partial charge in [0.2, 0.25) is 0 Å². The lowest BCUT2D eigenvalue weighted by Crippen LogP contribution is -2.21. The highest BCUT2D eigenvalue weighted by atomic mass is 35.5. The molecule has 0 saturated carbocycles. The SMILES string of the molecule is C=C1NC=NC(C(F)(F)F)=C1Cl. The summed E-state index contributed by atoms with van der Waals surface area (Å²) in [6.45, 7) is 3.27. The minimum absolute atomic E-state index is 0.000934. The van der Waals surface area contributed by atoms with Crippen molar-refractivity contribution in [2.24, 2.45) is 4.99 Å². The van der Waals surface area contributed by atoms with Crippen LogP contribution in [0.1, 0.15) is 0 Å². The number of nitrogens with zero attached hydrogens (tertiary/aromatic N) is 1. The van der Waals surface area contributed by atoms with Crippen LogP contribution in [0.25, 0.3) is 0 Å². The molecule has 0 saturated heterocycles. The molecule has 0 radical (unpaired) electrons. The molecule has 66 valence electrons. The van der Waals surface area contributed by atoms with E-state index >= 15 is 0 Å². The smallest absolute Gasteiger partial charge is 0.346 e. The van der Waals surface area contributed by atoms with Crippen LogP contribution in [0.15, 0.2) is 28.0 Å². The van der Waals surface area contributed by atoms with Gasteiger partial charge in [0, 0.05) is 0 Å². The van der Waals surface area contributed by atoms with E-state index in [0.717, 1.165) is 6.34 Å². The highest BCUT2D eigenvalue weighted by Crippen LogP contribution is 2.33. The highest BCUT2D eigenvalue weighted by molar-refractivity contribution is 6.32. The molecule has 0 aliphatic carbocycles. The highest BCUT2D eigenvalue weighted by Gasteiger charge is 2.37. The van der Waals surface area contributed by atoms with Crippen LogP contribution >= 0.6 is 11.6 Å². The second kappa shape index (κ2) is 2.82. The molecule has 0 bridgehead atoms. The van der Waals surface area contributed by atoms with Crippen LogP contribution in [0.5, 0.6) is 0 Å². The van der Waals surface area contributed by atoms with E-state index < -0.39 is 16.9 Å². The van der Waals surface area contributed by atoms with Crippen molar-refractivity contribution in [3.8, 4) is 0 Å². The van der Waals surface area contributed by atoms with E-state index in [1.807, 2.05) is 0 Å². The Morgan fingerprint density at radius 3 is 2.50 bits per heavy atom. The minimum Gasteiger partial charge on any atom is -0.346 e. The van der Waals surface area contributed by atoms with Crippen LogP contribution in [0.2, 0.25) is 0 Å². The maximum absolute atomic E-state index is 12.0. The average molecular weight is 197 g/mol. The van der Waals surface area contributed by atoms with Gasteiger partial charge in [0.1, 0.15) is 0 Å². The number of rotatable bonds is 0. The Morgan fingerprint density at radius 2 is 2.08 bits per heavy atom. The summed E-state index contributed by atoms with van der Waals surface area (Å²) in [4.78, 5) is 3.06. The lowest BCUT2D eigenvalue weighted by molar-refractivity contribution is -0.0927. The average Bonchev–Trinajstić information content (AvgIpc) is 1.92. The number of alkyl halides is 3. The maximum Gasteiger partial charge on any atom is 0.434 e. The van der Waals surface area contributed by atoms with Gasteiger partial charge < -0.3 is 5.32 Å². The third-order valence-electron chi connectivity index (χ3n) is 1.17. The van der Waals surface area contributed by atoms with E-state index in [0.29, 0.717) is 0 Å². The summed E-state index contributed by atoms with van der Waals surface area (Å²) in [5, 5.41) is 1.86. The summed E-state index contributed by atoms with van der Waals surface area (Å²) in [6.07, 6.45) is -3.63. The monoisotopic (exact) mass is 196 g/mol. The zero-order valence-corrected chi connectivity index (χ0v) is 6.50. The Balaban J connectivity index is 3.10. The Hall–Kier alpha value is -0.970. The Morgan fingerprint density at radius 1 is 1.50 bits per heavy atom. The Kier molecular flexibility index (Phi) is 2.14. The number of allylic oxidation sites excluding steroid dienone is 2. The maximum atomic E-state index is 12.0. The van der Waals surface area contributed by atoms with Gasteiger partial charge >= 0.3 is 6.18 Å². The largest absolute Gasteiger partial charge is 0.434 e. The molecule has 1 aliphatic heterocycles. The van der Waals surface area contributed by atoms with Gasteiger partial charge in [-0.25, -0.2) is 4.99 Å². The molecule has 2 nitrogen and oxygen atoms in total. The predicted molar refractivity (Wildman–Crippen MR) is 39.7 cm³/mol. The van der Waals surface area contributed by atoms with Crippen molar-refractivity contribution in [1.82, 2.24) is 5.32 Å². The molecule has 0 unspecified atom stereocenters. The Labute approximate surface area is 71.4 Å². The van der Waals surface area contributed by atoms with Crippen molar-refractivity contribution in [3.05, 3.63) is 23.0 Å². The van der Waals surface area contributed by atoms with Crippen LogP contribution < -0.4 is 5.32 Å². The van der Waals surface area contributed by atoms with Crippen LogP contribution in [0.4, 0.5) is 13.2 Å². The standard InChI is InChI=1S/C6H4ClF3N2/c1-3-4(7)5(6(8,9)10)12-2-11-3/h2H,1H2,(H,11,12). The molecule has 0 aromatic rings. The van der Waals surface area contributed by atoms with E-state index in [4.69, 9.17) is 11.6 Å². The van der Waals surface area contributed by atoms with Crippen LogP contribution in [0, 0.1) is 0 Å². The van der Waals surface area contributed by atoms with Gasteiger partial charge in [-0.05, 0) is 0 Å². The molecule has 6 heteroatoms. The lowest BCUT2D eigenvalue weighted by Gasteiger charge is -2.15. The number of halogens is 4. The normalized spacial score (nSPS) is 18.2. The fourth-order valence-corrected chi connectivity index (χ4v) is 0.846. The van der Waals surface area contributed by atoms with Gasteiger partial charge in [-0.1, -0.05) is 18.2 Å². The molecule has 1 N–H and O–H groups in total. The van der Waals surface area contributed by atoms with Crippen LogP contribution in [-0.4, -0.2) is 12.5 Å². The first-order valence-electron chi connectivity index (χ1n) is 2.88. The van der Waals surface area contributed by atoms with E-state index in [9.17, 15) is 13.2 Å². The first-order valence-corrected chi connectivity index (χ1v) is 3.26. The van der Waals surface area contributed by atoms with Gasteiger partial charge in [-0.15, -0.1) is 0 Å². The summed E-state index contributed by atoms with van der Waals surface area (Å²) < 4.78 is 36.1. The lowest BCUT2D eigenvalue weighted by atomic mass is 10.3. The molecular formula is C6H4ClF3N2. The first kappa shape index (κ1) is 9.12. The number of hydrogen-bond donors (Lipinski definition) is 1. The third kappa shape index (κ3) is 1.61. The first-order chi connectivity index (χ1) is 5.43. The molecule has 1 aliphatic rings. The zero-order valence-electron chi connectivity index (χ0n) is 5.74. The second-order valence-corrected chi connectivity index (χ2v) is 2.42. The molecule has 0 atom stereocenters. The van der Waals surface area contributed by atoms with E-state index in [2.05, 4.69) is 16.9 Å². The molecule has 0 amide bonds. The molecule has 0 fully saturated rings. The van der Waals surface area contributed by atoms with Crippen molar-refractivity contribution in [3.63, 3.8) is 0 Å².